The molecule has 1 aromatic carbocycles. The van der Waals surface area contributed by atoms with Crippen molar-refractivity contribution in [2.45, 2.75) is 6.54 Å². The molecule has 122 valence electrons. The molecule has 3 rings (SSSR count). The second-order valence-electron chi connectivity index (χ2n) is 4.94. The fourth-order valence-electron chi connectivity index (χ4n) is 2.01. The van der Waals surface area contributed by atoms with E-state index in [4.69, 9.17) is 16.3 Å². The molecule has 3 aromatic rings. The third-order valence-electron chi connectivity index (χ3n) is 3.29. The third kappa shape index (κ3) is 3.90. The van der Waals surface area contributed by atoms with E-state index in [0.717, 1.165) is 16.1 Å². The molecule has 2 heterocycles. The Morgan fingerprint density at radius 1 is 1.25 bits per heavy atom. The minimum atomic E-state index is -0.220. The summed E-state index contributed by atoms with van der Waals surface area (Å²) in [5, 5.41) is 6.02. The molecule has 5 nitrogen and oxygen atoms in total. The van der Waals surface area contributed by atoms with Crippen molar-refractivity contribution in [3.8, 4) is 16.5 Å². The summed E-state index contributed by atoms with van der Waals surface area (Å²) >= 11 is 7.30. The van der Waals surface area contributed by atoms with Gasteiger partial charge in [-0.3, -0.25) is 4.79 Å². The molecule has 0 bridgehead atoms. The number of hydrogen-bond donors (Lipinski definition) is 1. The summed E-state index contributed by atoms with van der Waals surface area (Å²) in [6, 6.07) is 11.0. The maximum atomic E-state index is 12.2. The van der Waals surface area contributed by atoms with E-state index < -0.39 is 0 Å². The zero-order valence-corrected chi connectivity index (χ0v) is 14.4. The first-order valence-electron chi connectivity index (χ1n) is 7.14. The number of hydrogen-bond acceptors (Lipinski definition) is 5. The molecule has 0 radical (unpaired) electrons. The maximum Gasteiger partial charge on any atom is 0.271 e. The molecule has 2 aromatic heterocycles. The molecule has 0 atom stereocenters. The van der Waals surface area contributed by atoms with E-state index in [2.05, 4.69) is 15.3 Å². The van der Waals surface area contributed by atoms with Gasteiger partial charge in [-0.1, -0.05) is 29.8 Å². The van der Waals surface area contributed by atoms with E-state index >= 15 is 0 Å². The summed E-state index contributed by atoms with van der Waals surface area (Å²) < 4.78 is 5.00. The topological polar surface area (TPSA) is 64.1 Å². The first-order valence-corrected chi connectivity index (χ1v) is 8.40. The summed E-state index contributed by atoms with van der Waals surface area (Å²) in [4.78, 5) is 20.7. The van der Waals surface area contributed by atoms with Crippen LogP contribution in [-0.4, -0.2) is 23.0 Å². The van der Waals surface area contributed by atoms with Crippen LogP contribution in [0.4, 0.5) is 0 Å². The molecule has 1 amide bonds. The molecule has 0 saturated carbocycles. The van der Waals surface area contributed by atoms with E-state index in [1.54, 1.807) is 36.9 Å². The van der Waals surface area contributed by atoms with Gasteiger partial charge >= 0.3 is 0 Å². The number of rotatable bonds is 5. The number of carbonyl (C=O) groups excluding carboxylic acids is 1. The van der Waals surface area contributed by atoms with Gasteiger partial charge in [-0.25, -0.2) is 9.97 Å². The largest absolute Gasteiger partial charge is 0.481 e. The average molecular weight is 360 g/mol. The van der Waals surface area contributed by atoms with E-state index in [-0.39, 0.29) is 5.91 Å². The van der Waals surface area contributed by atoms with Crippen LogP contribution >= 0.6 is 22.9 Å². The van der Waals surface area contributed by atoms with Crippen molar-refractivity contribution in [3.63, 3.8) is 0 Å². The first kappa shape index (κ1) is 16.4. The van der Waals surface area contributed by atoms with Gasteiger partial charge in [-0.2, -0.15) is 0 Å². The summed E-state index contributed by atoms with van der Waals surface area (Å²) in [6.45, 7) is 0.379. The first-order chi connectivity index (χ1) is 11.7. The minimum Gasteiger partial charge on any atom is -0.481 e. The van der Waals surface area contributed by atoms with Crippen molar-refractivity contribution in [1.82, 2.24) is 15.3 Å². The van der Waals surface area contributed by atoms with E-state index in [1.165, 1.54) is 11.3 Å². The number of benzene rings is 1. The van der Waals surface area contributed by atoms with Gasteiger partial charge in [0.05, 0.1) is 7.11 Å². The third-order valence-corrected chi connectivity index (χ3v) is 4.43. The standard InChI is InChI=1S/C17H14ClN3O2S/c1-23-15-7-2-11(8-19-15)9-20-16(22)14-10-24-17(21-14)12-3-5-13(18)6-4-12/h2-8,10H,9H2,1H3,(H,20,22). The Morgan fingerprint density at radius 2 is 2.04 bits per heavy atom. The number of aromatic nitrogens is 2. The van der Waals surface area contributed by atoms with Crippen LogP contribution in [0.15, 0.2) is 48.0 Å². The number of methoxy groups -OCH3 is 1. The number of halogens is 1. The lowest BCUT2D eigenvalue weighted by Crippen LogP contribution is -2.23. The normalized spacial score (nSPS) is 10.4. The summed E-state index contributed by atoms with van der Waals surface area (Å²) in [5.74, 6) is 0.319. The van der Waals surface area contributed by atoms with Gasteiger partial charge in [0.25, 0.3) is 5.91 Å². The zero-order chi connectivity index (χ0) is 16.9. The van der Waals surface area contributed by atoms with Crippen molar-refractivity contribution in [3.05, 3.63) is 64.3 Å². The summed E-state index contributed by atoms with van der Waals surface area (Å²) in [6.07, 6.45) is 1.67. The highest BCUT2D eigenvalue weighted by atomic mass is 35.5. The van der Waals surface area contributed by atoms with Crippen molar-refractivity contribution in [1.29, 1.82) is 0 Å². The number of pyridine rings is 1. The number of nitrogens with zero attached hydrogens (tertiary/aromatic N) is 2. The molecule has 7 heteroatoms. The molecule has 24 heavy (non-hydrogen) atoms. The van der Waals surface area contributed by atoms with Gasteiger partial charge in [0, 0.05) is 34.8 Å². The fraction of sp³-hybridized carbons (Fsp3) is 0.118. The molecule has 0 unspecified atom stereocenters. The zero-order valence-electron chi connectivity index (χ0n) is 12.8. The van der Waals surface area contributed by atoms with Crippen molar-refractivity contribution in [2.75, 3.05) is 7.11 Å². The van der Waals surface area contributed by atoms with Crippen molar-refractivity contribution < 1.29 is 9.53 Å². The Labute approximate surface area is 148 Å². The second-order valence-corrected chi connectivity index (χ2v) is 6.23. The Kier molecular flexibility index (Phi) is 5.08. The van der Waals surface area contributed by atoms with Gasteiger partial charge in [0.15, 0.2) is 0 Å². The Morgan fingerprint density at radius 3 is 2.71 bits per heavy atom. The highest BCUT2D eigenvalue weighted by molar-refractivity contribution is 7.13. The predicted octanol–water partition coefficient (Wildman–Crippen LogP) is 3.80. The lowest BCUT2D eigenvalue weighted by Gasteiger charge is -2.04. The molecule has 0 saturated heterocycles. The molecule has 1 N–H and O–H groups in total. The molecular weight excluding hydrogens is 346 g/mol. The van der Waals surface area contributed by atoms with Crippen LogP contribution in [0, 0.1) is 0 Å². The van der Waals surface area contributed by atoms with E-state index in [0.29, 0.717) is 23.1 Å². The van der Waals surface area contributed by atoms with Crippen molar-refractivity contribution >= 4 is 28.8 Å². The van der Waals surface area contributed by atoms with Crippen molar-refractivity contribution in [2.24, 2.45) is 0 Å². The van der Waals surface area contributed by atoms with E-state index in [1.807, 2.05) is 18.2 Å². The maximum absolute atomic E-state index is 12.2. The predicted molar refractivity (Wildman–Crippen MR) is 94.5 cm³/mol. The van der Waals surface area contributed by atoms with Crippen LogP contribution in [0.5, 0.6) is 5.88 Å². The van der Waals surface area contributed by atoms with Crippen LogP contribution in [-0.2, 0) is 6.54 Å². The van der Waals surface area contributed by atoms with Gasteiger partial charge < -0.3 is 10.1 Å². The van der Waals surface area contributed by atoms with Crippen LogP contribution < -0.4 is 10.1 Å². The monoisotopic (exact) mass is 359 g/mol. The number of nitrogens with one attached hydrogen (secondary N) is 1. The molecular formula is C17H14ClN3O2S. The number of ether oxygens (including phenoxy) is 1. The van der Waals surface area contributed by atoms with Gasteiger partial charge in [0.1, 0.15) is 10.7 Å². The van der Waals surface area contributed by atoms with Gasteiger partial charge in [-0.15, -0.1) is 11.3 Å². The fourth-order valence-corrected chi connectivity index (χ4v) is 2.94. The summed E-state index contributed by atoms with van der Waals surface area (Å²) in [5.41, 5.74) is 2.21. The second kappa shape index (κ2) is 7.42. The lowest BCUT2D eigenvalue weighted by molar-refractivity contribution is 0.0946. The quantitative estimate of drug-likeness (QED) is 0.752. The minimum absolute atomic E-state index is 0.220. The SMILES string of the molecule is COc1ccc(CNC(=O)c2csc(-c3ccc(Cl)cc3)n2)cn1. The molecule has 0 aliphatic heterocycles. The number of carbonyl (C=O) groups is 1. The van der Waals surface area contributed by atoms with Crippen LogP contribution in [0.3, 0.4) is 0 Å². The summed E-state index contributed by atoms with van der Waals surface area (Å²) in [7, 11) is 1.56. The lowest BCUT2D eigenvalue weighted by atomic mass is 10.2. The van der Waals surface area contributed by atoms with E-state index in [9.17, 15) is 4.79 Å². The number of thiazole rings is 1. The number of amides is 1. The average Bonchev–Trinajstić information content (AvgIpc) is 3.11. The van der Waals surface area contributed by atoms with Crippen LogP contribution in [0.1, 0.15) is 16.1 Å². The Bertz CT molecular complexity index is 832. The molecule has 0 fully saturated rings. The Balaban J connectivity index is 1.64. The van der Waals surface area contributed by atoms with Crippen LogP contribution in [0.25, 0.3) is 10.6 Å². The van der Waals surface area contributed by atoms with Gasteiger partial charge in [0.2, 0.25) is 5.88 Å². The molecule has 0 spiro atoms. The smallest absolute Gasteiger partial charge is 0.271 e. The van der Waals surface area contributed by atoms with Crippen LogP contribution in [0.2, 0.25) is 5.02 Å². The molecule has 0 aliphatic carbocycles. The molecule has 0 aliphatic rings. The Hall–Kier alpha value is -2.44. The highest BCUT2D eigenvalue weighted by Crippen LogP contribution is 2.25. The van der Waals surface area contributed by atoms with Gasteiger partial charge in [-0.05, 0) is 17.7 Å². The highest BCUT2D eigenvalue weighted by Gasteiger charge is 2.11.